The zero-order valence-corrected chi connectivity index (χ0v) is 15.7. The van der Waals surface area contributed by atoms with Crippen LogP contribution in [-0.2, 0) is 10.2 Å². The van der Waals surface area contributed by atoms with Crippen LogP contribution in [0.5, 0.6) is 5.75 Å². The SMILES string of the molecule is CC(C)COc1ccc(C(C)(C)C(=O)N2CC(CN)CC2C)cc1. The second kappa shape index (κ2) is 7.56. The normalized spacial score (nSPS) is 21.4. The number of nitrogens with zero attached hydrogens (tertiary/aromatic N) is 1. The van der Waals surface area contributed by atoms with Gasteiger partial charge < -0.3 is 15.4 Å². The molecule has 1 aliphatic rings. The molecule has 4 heteroatoms. The van der Waals surface area contributed by atoms with Crippen molar-refractivity contribution in [1.29, 1.82) is 0 Å². The molecule has 24 heavy (non-hydrogen) atoms. The Bertz CT molecular complexity index is 551. The lowest BCUT2D eigenvalue weighted by molar-refractivity contribution is -0.136. The van der Waals surface area contributed by atoms with Gasteiger partial charge >= 0.3 is 0 Å². The van der Waals surface area contributed by atoms with Crippen LogP contribution >= 0.6 is 0 Å². The average Bonchev–Trinajstić information content (AvgIpc) is 2.93. The van der Waals surface area contributed by atoms with Crippen LogP contribution in [-0.4, -0.2) is 36.5 Å². The number of carbonyl (C=O) groups excluding carboxylic acids is 1. The molecular weight excluding hydrogens is 300 g/mol. The van der Waals surface area contributed by atoms with Crippen LogP contribution in [0.1, 0.15) is 46.6 Å². The van der Waals surface area contributed by atoms with Crippen LogP contribution in [0.15, 0.2) is 24.3 Å². The molecule has 2 rings (SSSR count). The molecule has 1 aromatic rings. The maximum atomic E-state index is 13.1. The third kappa shape index (κ3) is 4.10. The standard InChI is InChI=1S/C20H32N2O2/c1-14(2)13-24-18-8-6-17(7-9-18)20(4,5)19(23)22-12-16(11-21)10-15(22)3/h6-9,14-16H,10-13,21H2,1-5H3. The molecule has 0 radical (unpaired) electrons. The van der Waals surface area contributed by atoms with E-state index in [0.29, 0.717) is 25.0 Å². The molecule has 2 N–H and O–H groups in total. The van der Waals surface area contributed by atoms with Crippen LogP contribution in [0.25, 0.3) is 0 Å². The Kier molecular flexibility index (Phi) is 5.92. The number of ether oxygens (including phenoxy) is 1. The Labute approximate surface area is 146 Å². The van der Waals surface area contributed by atoms with E-state index in [2.05, 4.69) is 20.8 Å². The molecule has 134 valence electrons. The largest absolute Gasteiger partial charge is 0.493 e. The van der Waals surface area contributed by atoms with Gasteiger partial charge in [-0.25, -0.2) is 0 Å². The first-order chi connectivity index (χ1) is 11.3. The van der Waals surface area contributed by atoms with E-state index in [1.807, 2.05) is 43.0 Å². The minimum atomic E-state index is -0.547. The summed E-state index contributed by atoms with van der Waals surface area (Å²) in [5.41, 5.74) is 6.27. The van der Waals surface area contributed by atoms with Crippen molar-refractivity contribution >= 4 is 5.91 Å². The maximum absolute atomic E-state index is 13.1. The minimum absolute atomic E-state index is 0.182. The van der Waals surface area contributed by atoms with Crippen molar-refractivity contribution in [3.8, 4) is 5.75 Å². The zero-order chi connectivity index (χ0) is 17.9. The van der Waals surface area contributed by atoms with Crippen molar-refractivity contribution in [2.75, 3.05) is 19.7 Å². The van der Waals surface area contributed by atoms with Crippen molar-refractivity contribution < 1.29 is 9.53 Å². The predicted octanol–water partition coefficient (Wildman–Crippen LogP) is 3.19. The van der Waals surface area contributed by atoms with Gasteiger partial charge in [-0.3, -0.25) is 4.79 Å². The highest BCUT2D eigenvalue weighted by atomic mass is 16.5. The van der Waals surface area contributed by atoms with Gasteiger partial charge in [-0.05, 0) is 63.3 Å². The maximum Gasteiger partial charge on any atom is 0.232 e. The molecule has 2 atom stereocenters. The van der Waals surface area contributed by atoms with E-state index in [4.69, 9.17) is 10.5 Å². The number of benzene rings is 1. The van der Waals surface area contributed by atoms with Crippen LogP contribution in [0.2, 0.25) is 0 Å². The Morgan fingerprint density at radius 2 is 1.96 bits per heavy atom. The van der Waals surface area contributed by atoms with Crippen molar-refractivity contribution in [3.63, 3.8) is 0 Å². The van der Waals surface area contributed by atoms with Crippen molar-refractivity contribution in [3.05, 3.63) is 29.8 Å². The highest BCUT2D eigenvalue weighted by molar-refractivity contribution is 5.88. The van der Waals surface area contributed by atoms with Crippen LogP contribution in [0.3, 0.4) is 0 Å². The number of nitrogens with two attached hydrogens (primary N) is 1. The van der Waals surface area contributed by atoms with Gasteiger partial charge in [0.15, 0.2) is 0 Å². The molecule has 4 nitrogen and oxygen atoms in total. The van der Waals surface area contributed by atoms with Gasteiger partial charge in [0.1, 0.15) is 5.75 Å². The molecule has 1 fully saturated rings. The molecule has 0 spiro atoms. The Morgan fingerprint density at radius 3 is 2.46 bits per heavy atom. The third-order valence-electron chi connectivity index (χ3n) is 4.95. The molecule has 0 aliphatic carbocycles. The minimum Gasteiger partial charge on any atom is -0.493 e. The predicted molar refractivity (Wildman–Crippen MR) is 98.1 cm³/mol. The molecule has 2 unspecified atom stereocenters. The first-order valence-electron chi connectivity index (χ1n) is 9.00. The lowest BCUT2D eigenvalue weighted by Crippen LogP contribution is -2.45. The van der Waals surface area contributed by atoms with Gasteiger partial charge in [-0.15, -0.1) is 0 Å². The van der Waals surface area contributed by atoms with Gasteiger partial charge in [0, 0.05) is 12.6 Å². The monoisotopic (exact) mass is 332 g/mol. The Balaban J connectivity index is 2.10. The molecule has 0 aromatic heterocycles. The van der Waals surface area contributed by atoms with Crippen LogP contribution < -0.4 is 10.5 Å². The van der Waals surface area contributed by atoms with Crippen LogP contribution in [0, 0.1) is 11.8 Å². The summed E-state index contributed by atoms with van der Waals surface area (Å²) in [7, 11) is 0. The number of likely N-dealkylation sites (tertiary alicyclic amines) is 1. The summed E-state index contributed by atoms with van der Waals surface area (Å²) in [6.07, 6.45) is 1.00. The smallest absolute Gasteiger partial charge is 0.232 e. The number of carbonyl (C=O) groups is 1. The quantitative estimate of drug-likeness (QED) is 0.870. The second-order valence-electron chi connectivity index (χ2n) is 8.00. The molecule has 1 aromatic carbocycles. The van der Waals surface area contributed by atoms with Crippen molar-refractivity contribution in [2.45, 2.75) is 52.5 Å². The molecule has 1 aliphatic heterocycles. The average molecular weight is 332 g/mol. The first kappa shape index (κ1) is 18.8. The number of rotatable bonds is 6. The van der Waals surface area contributed by atoms with E-state index >= 15 is 0 Å². The highest BCUT2D eigenvalue weighted by Crippen LogP contribution is 2.32. The van der Waals surface area contributed by atoms with E-state index in [1.54, 1.807) is 0 Å². The molecule has 1 saturated heterocycles. The molecule has 1 heterocycles. The van der Waals surface area contributed by atoms with Gasteiger partial charge in [0.25, 0.3) is 0 Å². The van der Waals surface area contributed by atoms with E-state index < -0.39 is 5.41 Å². The summed E-state index contributed by atoms with van der Waals surface area (Å²) in [5, 5.41) is 0. The first-order valence-corrected chi connectivity index (χ1v) is 9.00. The second-order valence-corrected chi connectivity index (χ2v) is 8.00. The van der Waals surface area contributed by atoms with Gasteiger partial charge in [-0.2, -0.15) is 0 Å². The fraction of sp³-hybridized carbons (Fsp3) is 0.650. The van der Waals surface area contributed by atoms with Crippen molar-refractivity contribution in [1.82, 2.24) is 4.90 Å². The molecule has 1 amide bonds. The summed E-state index contributed by atoms with van der Waals surface area (Å²) >= 11 is 0. The number of amides is 1. The third-order valence-corrected chi connectivity index (χ3v) is 4.95. The van der Waals surface area contributed by atoms with Crippen molar-refractivity contribution in [2.24, 2.45) is 17.6 Å². The van der Waals surface area contributed by atoms with E-state index in [9.17, 15) is 4.79 Å². The topological polar surface area (TPSA) is 55.6 Å². The Morgan fingerprint density at radius 1 is 1.33 bits per heavy atom. The summed E-state index contributed by atoms with van der Waals surface area (Å²) in [6, 6.07) is 8.20. The number of hydrogen-bond donors (Lipinski definition) is 1. The molecule has 0 bridgehead atoms. The highest BCUT2D eigenvalue weighted by Gasteiger charge is 2.39. The molecule has 0 saturated carbocycles. The zero-order valence-electron chi connectivity index (χ0n) is 15.7. The lowest BCUT2D eigenvalue weighted by Gasteiger charge is -2.32. The van der Waals surface area contributed by atoms with E-state index in [1.165, 1.54) is 0 Å². The van der Waals surface area contributed by atoms with E-state index in [0.717, 1.165) is 24.3 Å². The summed E-state index contributed by atoms with van der Waals surface area (Å²) in [5.74, 6) is 1.96. The summed E-state index contributed by atoms with van der Waals surface area (Å²) in [4.78, 5) is 15.1. The summed E-state index contributed by atoms with van der Waals surface area (Å²) < 4.78 is 5.73. The lowest BCUT2D eigenvalue weighted by atomic mass is 9.83. The fourth-order valence-electron chi connectivity index (χ4n) is 3.31. The van der Waals surface area contributed by atoms with Crippen LogP contribution in [0.4, 0.5) is 0 Å². The van der Waals surface area contributed by atoms with Gasteiger partial charge in [0.05, 0.1) is 12.0 Å². The number of hydrogen-bond acceptors (Lipinski definition) is 3. The van der Waals surface area contributed by atoms with Gasteiger partial charge in [-0.1, -0.05) is 26.0 Å². The molecular formula is C20H32N2O2. The van der Waals surface area contributed by atoms with E-state index in [-0.39, 0.29) is 11.9 Å². The fourth-order valence-corrected chi connectivity index (χ4v) is 3.31. The van der Waals surface area contributed by atoms with Gasteiger partial charge in [0.2, 0.25) is 5.91 Å². The summed E-state index contributed by atoms with van der Waals surface area (Å²) in [6.45, 7) is 12.5. The Hall–Kier alpha value is -1.55.